The zero-order valence-electron chi connectivity index (χ0n) is 13.9. The lowest BCUT2D eigenvalue weighted by molar-refractivity contribution is 0.0583. The van der Waals surface area contributed by atoms with Crippen molar-refractivity contribution in [3.05, 3.63) is 0 Å². The van der Waals surface area contributed by atoms with E-state index in [1.807, 2.05) is 0 Å². The Morgan fingerprint density at radius 1 is 1.10 bits per heavy atom. The molecule has 3 nitrogen and oxygen atoms in total. The van der Waals surface area contributed by atoms with Crippen molar-refractivity contribution in [2.75, 3.05) is 32.7 Å². The largest absolute Gasteiger partial charge is 0.315 e. The van der Waals surface area contributed by atoms with Crippen LogP contribution in [-0.2, 0) is 0 Å². The predicted molar refractivity (Wildman–Crippen MR) is 87.2 cm³/mol. The van der Waals surface area contributed by atoms with E-state index in [4.69, 9.17) is 0 Å². The first kappa shape index (κ1) is 16.3. The number of unbranched alkanes of at least 4 members (excludes halogenated alkanes) is 3. The molecule has 2 heterocycles. The van der Waals surface area contributed by atoms with Crippen LogP contribution in [0.1, 0.15) is 59.3 Å². The van der Waals surface area contributed by atoms with Gasteiger partial charge in [-0.3, -0.25) is 9.80 Å². The Morgan fingerprint density at radius 3 is 2.70 bits per heavy atom. The monoisotopic (exact) mass is 281 g/mol. The summed E-state index contributed by atoms with van der Waals surface area (Å²) in [7, 11) is 0. The minimum atomic E-state index is 0.638. The zero-order chi connectivity index (χ0) is 14.4. The van der Waals surface area contributed by atoms with Crippen LogP contribution >= 0.6 is 0 Å². The molecule has 2 aliphatic rings. The molecule has 2 rings (SSSR count). The molecule has 2 aliphatic heterocycles. The SMILES string of the molecule is CC(C)NCCCCCCN1CC2CCCN2CC1C. The van der Waals surface area contributed by atoms with Crippen LogP contribution in [0.15, 0.2) is 0 Å². The van der Waals surface area contributed by atoms with Gasteiger partial charge in [0.1, 0.15) is 0 Å². The molecule has 3 heteroatoms. The highest BCUT2D eigenvalue weighted by atomic mass is 15.3. The summed E-state index contributed by atoms with van der Waals surface area (Å²) in [6.45, 7) is 13.4. The van der Waals surface area contributed by atoms with Gasteiger partial charge in [0.05, 0.1) is 0 Å². The van der Waals surface area contributed by atoms with E-state index >= 15 is 0 Å². The third-order valence-electron chi connectivity index (χ3n) is 4.99. The van der Waals surface area contributed by atoms with E-state index in [-0.39, 0.29) is 0 Å². The molecule has 0 saturated carbocycles. The molecule has 2 unspecified atom stereocenters. The summed E-state index contributed by atoms with van der Waals surface area (Å²) in [6.07, 6.45) is 8.37. The Balaban J connectivity index is 1.53. The van der Waals surface area contributed by atoms with Gasteiger partial charge in [0, 0.05) is 31.2 Å². The number of piperazine rings is 1. The highest BCUT2D eigenvalue weighted by Crippen LogP contribution is 2.24. The molecule has 1 N–H and O–H groups in total. The predicted octanol–water partition coefficient (Wildman–Crippen LogP) is 2.71. The fourth-order valence-electron chi connectivity index (χ4n) is 3.74. The van der Waals surface area contributed by atoms with E-state index in [0.717, 1.165) is 12.1 Å². The minimum Gasteiger partial charge on any atom is -0.315 e. The maximum Gasteiger partial charge on any atom is 0.0224 e. The van der Waals surface area contributed by atoms with Crippen molar-refractivity contribution in [2.45, 2.75) is 77.4 Å². The third-order valence-corrected chi connectivity index (χ3v) is 4.99. The average Bonchev–Trinajstić information content (AvgIpc) is 2.84. The van der Waals surface area contributed by atoms with Crippen LogP contribution in [0.2, 0.25) is 0 Å². The first-order valence-corrected chi connectivity index (χ1v) is 8.88. The molecular weight excluding hydrogens is 246 g/mol. The number of hydrogen-bond acceptors (Lipinski definition) is 3. The fraction of sp³-hybridized carbons (Fsp3) is 1.00. The molecule has 0 radical (unpaired) electrons. The standard InChI is InChI=1S/C17H35N3/c1-15(2)18-10-6-4-5-7-11-19-14-17-9-8-12-20(17)13-16(19)3/h15-18H,4-14H2,1-3H3. The highest BCUT2D eigenvalue weighted by molar-refractivity contribution is 4.90. The van der Waals surface area contributed by atoms with Gasteiger partial charge in [-0.15, -0.1) is 0 Å². The highest BCUT2D eigenvalue weighted by Gasteiger charge is 2.33. The van der Waals surface area contributed by atoms with Gasteiger partial charge in [0.15, 0.2) is 0 Å². The van der Waals surface area contributed by atoms with Crippen molar-refractivity contribution in [2.24, 2.45) is 0 Å². The van der Waals surface area contributed by atoms with Crippen LogP contribution in [0.3, 0.4) is 0 Å². The summed E-state index contributed by atoms with van der Waals surface area (Å²) in [5.41, 5.74) is 0. The molecule has 2 saturated heterocycles. The van der Waals surface area contributed by atoms with Gasteiger partial charge in [-0.05, 0) is 52.2 Å². The first-order chi connectivity index (χ1) is 9.66. The van der Waals surface area contributed by atoms with E-state index in [9.17, 15) is 0 Å². The molecule has 20 heavy (non-hydrogen) atoms. The van der Waals surface area contributed by atoms with Crippen LogP contribution in [0, 0.1) is 0 Å². The van der Waals surface area contributed by atoms with Crippen LogP contribution in [-0.4, -0.2) is 60.6 Å². The number of rotatable bonds is 8. The van der Waals surface area contributed by atoms with Gasteiger partial charge in [-0.1, -0.05) is 26.7 Å². The second kappa shape index (κ2) is 8.35. The van der Waals surface area contributed by atoms with Gasteiger partial charge < -0.3 is 5.32 Å². The van der Waals surface area contributed by atoms with Crippen molar-refractivity contribution < 1.29 is 0 Å². The zero-order valence-corrected chi connectivity index (χ0v) is 13.9. The molecule has 0 aromatic heterocycles. The second-order valence-corrected chi connectivity index (χ2v) is 7.16. The van der Waals surface area contributed by atoms with Crippen molar-refractivity contribution in [3.63, 3.8) is 0 Å². The van der Waals surface area contributed by atoms with Crippen molar-refractivity contribution in [3.8, 4) is 0 Å². The minimum absolute atomic E-state index is 0.638. The van der Waals surface area contributed by atoms with E-state index in [0.29, 0.717) is 6.04 Å². The van der Waals surface area contributed by atoms with Gasteiger partial charge in [0.25, 0.3) is 0 Å². The van der Waals surface area contributed by atoms with Gasteiger partial charge in [-0.25, -0.2) is 0 Å². The number of hydrogen-bond donors (Lipinski definition) is 1. The lowest BCUT2D eigenvalue weighted by Gasteiger charge is -2.42. The molecule has 0 aliphatic carbocycles. The fourth-order valence-corrected chi connectivity index (χ4v) is 3.74. The lowest BCUT2D eigenvalue weighted by Crippen LogP contribution is -2.54. The van der Waals surface area contributed by atoms with Crippen molar-refractivity contribution in [1.82, 2.24) is 15.1 Å². The molecule has 0 bridgehead atoms. The first-order valence-electron chi connectivity index (χ1n) is 8.88. The third kappa shape index (κ3) is 5.01. The van der Waals surface area contributed by atoms with Crippen LogP contribution < -0.4 is 5.32 Å². The Labute approximate surface area is 126 Å². The van der Waals surface area contributed by atoms with E-state index in [1.54, 1.807) is 0 Å². The Bertz CT molecular complexity index is 267. The Hall–Kier alpha value is -0.120. The molecule has 0 aromatic carbocycles. The van der Waals surface area contributed by atoms with Crippen LogP contribution in [0.25, 0.3) is 0 Å². The number of nitrogens with zero attached hydrogens (tertiary/aromatic N) is 2. The number of nitrogens with one attached hydrogen (secondary N) is 1. The van der Waals surface area contributed by atoms with Crippen molar-refractivity contribution >= 4 is 0 Å². The molecule has 2 fully saturated rings. The summed E-state index contributed by atoms with van der Waals surface area (Å²) in [6, 6.07) is 2.28. The quantitative estimate of drug-likeness (QED) is 0.690. The second-order valence-electron chi connectivity index (χ2n) is 7.16. The Morgan fingerprint density at radius 2 is 1.90 bits per heavy atom. The Kier molecular flexibility index (Phi) is 6.79. The van der Waals surface area contributed by atoms with Gasteiger partial charge in [0.2, 0.25) is 0 Å². The summed E-state index contributed by atoms with van der Waals surface area (Å²) in [4.78, 5) is 5.47. The maximum atomic E-state index is 3.50. The van der Waals surface area contributed by atoms with Gasteiger partial charge in [-0.2, -0.15) is 0 Å². The normalized spacial score (nSPS) is 28.2. The summed E-state index contributed by atoms with van der Waals surface area (Å²) >= 11 is 0. The van der Waals surface area contributed by atoms with Gasteiger partial charge >= 0.3 is 0 Å². The topological polar surface area (TPSA) is 18.5 Å². The van der Waals surface area contributed by atoms with Crippen LogP contribution in [0.4, 0.5) is 0 Å². The smallest absolute Gasteiger partial charge is 0.0224 e. The molecule has 0 amide bonds. The van der Waals surface area contributed by atoms with E-state index in [1.165, 1.54) is 71.2 Å². The van der Waals surface area contributed by atoms with E-state index in [2.05, 4.69) is 35.9 Å². The molecule has 0 aromatic rings. The molecular formula is C17H35N3. The maximum absolute atomic E-state index is 3.50. The number of fused-ring (bicyclic) bond motifs is 1. The summed E-state index contributed by atoms with van der Waals surface area (Å²) in [5, 5.41) is 3.50. The van der Waals surface area contributed by atoms with Crippen LogP contribution in [0.5, 0.6) is 0 Å². The molecule has 118 valence electrons. The molecule has 2 atom stereocenters. The summed E-state index contributed by atoms with van der Waals surface area (Å²) < 4.78 is 0. The summed E-state index contributed by atoms with van der Waals surface area (Å²) in [5.74, 6) is 0. The lowest BCUT2D eigenvalue weighted by atomic mass is 10.1. The molecule has 0 spiro atoms. The van der Waals surface area contributed by atoms with E-state index < -0.39 is 0 Å². The average molecular weight is 281 g/mol. The van der Waals surface area contributed by atoms with Crippen molar-refractivity contribution in [1.29, 1.82) is 0 Å².